The highest BCUT2D eigenvalue weighted by atomic mass is 16.3. The molecule has 0 radical (unpaired) electrons. The minimum atomic E-state index is -0.181. The van der Waals surface area contributed by atoms with Crippen LogP contribution in [0.5, 0.6) is 0 Å². The Morgan fingerprint density at radius 2 is 2.14 bits per heavy atom. The number of aromatic nitrogens is 2. The molecular formula is C21H24N4O3. The van der Waals surface area contributed by atoms with Crippen molar-refractivity contribution >= 4 is 22.6 Å². The lowest BCUT2D eigenvalue weighted by molar-refractivity contribution is 0.0922. The fourth-order valence-corrected chi connectivity index (χ4v) is 3.73. The van der Waals surface area contributed by atoms with Crippen LogP contribution in [-0.2, 0) is 7.05 Å². The summed E-state index contributed by atoms with van der Waals surface area (Å²) in [6.45, 7) is 6.12. The van der Waals surface area contributed by atoms with Crippen LogP contribution >= 0.6 is 0 Å². The van der Waals surface area contributed by atoms with Crippen molar-refractivity contribution in [2.45, 2.75) is 20.3 Å². The lowest BCUT2D eigenvalue weighted by atomic mass is 10.1. The van der Waals surface area contributed by atoms with Crippen LogP contribution in [-0.4, -0.2) is 35.3 Å². The Balaban J connectivity index is 1.40. The molecule has 3 aromatic rings. The van der Waals surface area contributed by atoms with Gasteiger partial charge in [-0.2, -0.15) is 5.10 Å². The van der Waals surface area contributed by atoms with Gasteiger partial charge in [-0.25, -0.2) is 4.68 Å². The second-order valence-electron chi connectivity index (χ2n) is 7.54. The summed E-state index contributed by atoms with van der Waals surface area (Å²) < 4.78 is 7.12. The van der Waals surface area contributed by atoms with Crippen LogP contribution in [0.3, 0.4) is 0 Å². The van der Waals surface area contributed by atoms with E-state index in [1.165, 1.54) is 4.68 Å². The first-order valence-corrected chi connectivity index (χ1v) is 9.48. The van der Waals surface area contributed by atoms with Gasteiger partial charge in [0.1, 0.15) is 5.58 Å². The normalized spacial score (nSPS) is 16.7. The first-order valence-electron chi connectivity index (χ1n) is 9.48. The molecule has 0 spiro atoms. The van der Waals surface area contributed by atoms with Crippen LogP contribution in [0.2, 0.25) is 0 Å². The molecule has 1 unspecified atom stereocenters. The topological polar surface area (TPSA) is 80.4 Å². The number of anilines is 1. The van der Waals surface area contributed by atoms with E-state index in [0.717, 1.165) is 47.3 Å². The Morgan fingerprint density at radius 3 is 2.93 bits per heavy atom. The van der Waals surface area contributed by atoms with Crippen LogP contribution in [0.4, 0.5) is 5.69 Å². The second-order valence-corrected chi connectivity index (χ2v) is 7.54. The van der Waals surface area contributed by atoms with E-state index < -0.39 is 0 Å². The summed E-state index contributed by atoms with van der Waals surface area (Å²) in [6.07, 6.45) is 2.66. The summed E-state index contributed by atoms with van der Waals surface area (Å²) in [5.74, 6) is 0.520. The Labute approximate surface area is 162 Å². The summed E-state index contributed by atoms with van der Waals surface area (Å²) in [4.78, 5) is 26.6. The highest BCUT2D eigenvalue weighted by molar-refractivity contribution is 5.99. The van der Waals surface area contributed by atoms with Crippen molar-refractivity contribution in [2.24, 2.45) is 13.0 Å². The maximum absolute atomic E-state index is 12.6. The van der Waals surface area contributed by atoms with E-state index in [-0.39, 0.29) is 11.5 Å². The van der Waals surface area contributed by atoms with Crippen LogP contribution in [0.25, 0.3) is 11.0 Å². The highest BCUT2D eigenvalue weighted by Gasteiger charge is 2.25. The third-order valence-corrected chi connectivity index (χ3v) is 5.46. The maximum atomic E-state index is 12.6. The molecule has 7 nitrogen and oxygen atoms in total. The molecule has 0 saturated carbocycles. The third kappa shape index (κ3) is 3.40. The van der Waals surface area contributed by atoms with Crippen molar-refractivity contribution < 1.29 is 9.21 Å². The van der Waals surface area contributed by atoms with Crippen LogP contribution < -0.4 is 15.8 Å². The Morgan fingerprint density at radius 1 is 1.32 bits per heavy atom. The summed E-state index contributed by atoms with van der Waals surface area (Å²) in [7, 11) is 1.63. The number of hydrogen-bond acceptors (Lipinski definition) is 5. The zero-order valence-electron chi connectivity index (χ0n) is 16.4. The Bertz CT molecular complexity index is 1100. The molecule has 1 amide bonds. The average Bonchev–Trinajstić information content (AvgIpc) is 3.27. The predicted octanol–water partition coefficient (Wildman–Crippen LogP) is 2.40. The van der Waals surface area contributed by atoms with Crippen molar-refractivity contribution in [1.29, 1.82) is 0 Å². The molecule has 0 aliphatic carbocycles. The lowest BCUT2D eigenvalue weighted by Crippen LogP contribution is -2.31. The molecular weight excluding hydrogens is 356 g/mol. The molecule has 1 saturated heterocycles. The first-order chi connectivity index (χ1) is 13.4. The molecule has 1 atom stereocenters. The number of carbonyl (C=O) groups is 1. The molecule has 1 aromatic carbocycles. The Hall–Kier alpha value is -3.09. The van der Waals surface area contributed by atoms with E-state index in [1.807, 2.05) is 32.0 Å². The fourth-order valence-electron chi connectivity index (χ4n) is 3.73. The summed E-state index contributed by atoms with van der Waals surface area (Å²) in [5, 5.41) is 8.06. The molecule has 1 aliphatic heterocycles. The molecule has 28 heavy (non-hydrogen) atoms. The molecule has 2 aromatic heterocycles. The number of amides is 1. The summed E-state index contributed by atoms with van der Waals surface area (Å²) in [6, 6.07) is 7.57. The Kier molecular flexibility index (Phi) is 4.66. The van der Waals surface area contributed by atoms with Crippen LogP contribution in [0, 0.1) is 19.8 Å². The number of furan rings is 1. The van der Waals surface area contributed by atoms with Crippen molar-refractivity contribution in [3.05, 3.63) is 57.7 Å². The summed E-state index contributed by atoms with van der Waals surface area (Å²) in [5.41, 5.74) is 3.43. The van der Waals surface area contributed by atoms with Gasteiger partial charge >= 0.3 is 0 Å². The molecule has 1 aliphatic rings. The van der Waals surface area contributed by atoms with Crippen LogP contribution in [0.1, 0.15) is 28.1 Å². The zero-order valence-corrected chi connectivity index (χ0v) is 16.4. The molecule has 1 N–H and O–H groups in total. The quantitative estimate of drug-likeness (QED) is 0.752. The van der Waals surface area contributed by atoms with Crippen molar-refractivity contribution in [3.63, 3.8) is 0 Å². The largest absolute Gasteiger partial charge is 0.451 e. The van der Waals surface area contributed by atoms with Crippen LogP contribution in [0.15, 0.2) is 39.7 Å². The molecule has 146 valence electrons. The monoisotopic (exact) mass is 380 g/mol. The van der Waals surface area contributed by atoms with Gasteiger partial charge in [0, 0.05) is 43.7 Å². The third-order valence-electron chi connectivity index (χ3n) is 5.46. The van der Waals surface area contributed by atoms with E-state index in [1.54, 1.807) is 19.3 Å². The molecule has 4 rings (SSSR count). The number of nitrogens with one attached hydrogen (secondary N) is 1. The SMILES string of the molecule is Cc1ccc2c(C)c(C(=O)NCC3CCN(c4cnn(C)c(=O)c4)C3)oc2c1. The first kappa shape index (κ1) is 18.3. The highest BCUT2D eigenvalue weighted by Crippen LogP contribution is 2.26. The smallest absolute Gasteiger partial charge is 0.287 e. The minimum absolute atomic E-state index is 0.121. The van der Waals surface area contributed by atoms with E-state index in [0.29, 0.717) is 18.2 Å². The van der Waals surface area contributed by atoms with E-state index >= 15 is 0 Å². The number of hydrogen-bond donors (Lipinski definition) is 1. The zero-order chi connectivity index (χ0) is 19.8. The molecule has 0 bridgehead atoms. The molecule has 1 fully saturated rings. The number of rotatable bonds is 4. The van der Waals surface area contributed by atoms with Gasteiger partial charge in [-0.15, -0.1) is 0 Å². The molecule has 7 heteroatoms. The van der Waals surface area contributed by atoms with E-state index in [4.69, 9.17) is 4.42 Å². The van der Waals surface area contributed by atoms with Crippen molar-refractivity contribution in [2.75, 3.05) is 24.5 Å². The van der Waals surface area contributed by atoms with Gasteiger partial charge in [-0.1, -0.05) is 12.1 Å². The number of aryl methyl sites for hydroxylation is 3. The number of fused-ring (bicyclic) bond motifs is 1. The van der Waals surface area contributed by atoms with Gasteiger partial charge in [0.15, 0.2) is 5.76 Å². The maximum Gasteiger partial charge on any atom is 0.287 e. The number of carbonyl (C=O) groups excluding carboxylic acids is 1. The van der Waals surface area contributed by atoms with Crippen molar-refractivity contribution in [1.82, 2.24) is 15.1 Å². The summed E-state index contributed by atoms with van der Waals surface area (Å²) >= 11 is 0. The predicted molar refractivity (Wildman–Crippen MR) is 108 cm³/mol. The molecule has 3 heterocycles. The van der Waals surface area contributed by atoms with Crippen molar-refractivity contribution in [3.8, 4) is 0 Å². The van der Waals surface area contributed by atoms with E-state index in [9.17, 15) is 9.59 Å². The number of benzene rings is 1. The number of nitrogens with zero attached hydrogens (tertiary/aromatic N) is 3. The van der Waals surface area contributed by atoms with E-state index in [2.05, 4.69) is 15.3 Å². The minimum Gasteiger partial charge on any atom is -0.451 e. The van der Waals surface area contributed by atoms with Gasteiger partial charge in [0.05, 0.1) is 11.9 Å². The standard InChI is InChI=1S/C21H24N4O3/c1-13-4-5-17-14(2)20(28-18(17)8-13)21(27)22-10-15-6-7-25(12-15)16-9-19(26)24(3)23-11-16/h4-5,8-9,11,15H,6-7,10,12H2,1-3H3,(H,22,27). The van der Waals surface area contributed by atoms with Gasteiger partial charge < -0.3 is 14.6 Å². The fraction of sp³-hybridized carbons (Fsp3) is 0.381. The second kappa shape index (κ2) is 7.14. The van der Waals surface area contributed by atoms with Gasteiger partial charge in [0.25, 0.3) is 11.5 Å². The van der Waals surface area contributed by atoms with Gasteiger partial charge in [0.2, 0.25) is 0 Å². The lowest BCUT2D eigenvalue weighted by Gasteiger charge is -2.18. The van der Waals surface area contributed by atoms with Gasteiger partial charge in [-0.3, -0.25) is 9.59 Å². The average molecular weight is 380 g/mol. The van der Waals surface area contributed by atoms with Gasteiger partial charge in [-0.05, 0) is 37.8 Å².